The van der Waals surface area contributed by atoms with Gasteiger partial charge >= 0.3 is 0 Å². The highest BCUT2D eigenvalue weighted by atomic mass is 32.2. The lowest BCUT2D eigenvalue weighted by Gasteiger charge is -2.05. The maximum atomic E-state index is 8.17. The fourth-order valence-electron chi connectivity index (χ4n) is 2.07. The summed E-state index contributed by atoms with van der Waals surface area (Å²) in [6.07, 6.45) is 0. The van der Waals surface area contributed by atoms with Crippen molar-refractivity contribution in [2.45, 2.75) is 4.90 Å². The highest BCUT2D eigenvalue weighted by molar-refractivity contribution is 7.94. The second kappa shape index (κ2) is 8.95. The van der Waals surface area contributed by atoms with E-state index in [2.05, 4.69) is 24.9 Å². The van der Waals surface area contributed by atoms with Gasteiger partial charge in [-0.05, 0) is 54.6 Å². The zero-order valence-electron chi connectivity index (χ0n) is 13.1. The summed E-state index contributed by atoms with van der Waals surface area (Å²) < 4.78 is 4.39. The molecule has 7 heteroatoms. The molecule has 2 N–H and O–H groups in total. The third-order valence-electron chi connectivity index (χ3n) is 3.19. The predicted octanol–water partition coefficient (Wildman–Crippen LogP) is 6.27. The number of benzene rings is 3. The molecule has 6 nitrogen and oxygen atoms in total. The van der Waals surface area contributed by atoms with Crippen LogP contribution < -0.4 is 5.32 Å². The fraction of sp³-hybridized carbons (Fsp3) is 0. The Balaban J connectivity index is 1.64. The third-order valence-corrected chi connectivity index (χ3v) is 3.76. The van der Waals surface area contributed by atoms with E-state index in [0.29, 0.717) is 5.69 Å². The van der Waals surface area contributed by atoms with E-state index in [1.165, 1.54) is 0 Å². The van der Waals surface area contributed by atoms with Crippen molar-refractivity contribution < 1.29 is 14.6 Å². The Morgan fingerprint density at radius 2 is 1.48 bits per heavy atom. The Morgan fingerprint density at radius 3 is 2.24 bits per heavy atom. The standard InChI is InChI=1S/C18H15N3O3S/c22-23-24-25-18-8-4-7-17(13-18)21-20-16-11-9-15(10-12-16)19-14-5-2-1-3-6-14/h1-13,19,22H. The van der Waals surface area contributed by atoms with E-state index in [0.717, 1.165) is 34.0 Å². The summed E-state index contributed by atoms with van der Waals surface area (Å²) in [7, 11) is 0. The van der Waals surface area contributed by atoms with Crippen molar-refractivity contribution in [2.24, 2.45) is 10.2 Å². The van der Waals surface area contributed by atoms with Crippen molar-refractivity contribution in [3.8, 4) is 0 Å². The Kier molecular flexibility index (Phi) is 6.13. The first kappa shape index (κ1) is 17.1. The molecule has 0 radical (unpaired) electrons. The average Bonchev–Trinajstić information content (AvgIpc) is 2.67. The molecule has 0 saturated heterocycles. The summed E-state index contributed by atoms with van der Waals surface area (Å²) in [6, 6.07) is 24.8. The summed E-state index contributed by atoms with van der Waals surface area (Å²) >= 11 is 0.877. The van der Waals surface area contributed by atoms with Crippen molar-refractivity contribution in [2.75, 3.05) is 5.32 Å². The van der Waals surface area contributed by atoms with Crippen LogP contribution in [0.4, 0.5) is 22.7 Å². The van der Waals surface area contributed by atoms with Gasteiger partial charge in [0.25, 0.3) is 0 Å². The molecule has 0 fully saturated rings. The summed E-state index contributed by atoms with van der Waals surface area (Å²) in [5.41, 5.74) is 3.41. The molecule has 0 aliphatic carbocycles. The number of nitrogens with one attached hydrogen (secondary N) is 1. The molecule has 0 unspecified atom stereocenters. The Labute approximate surface area is 149 Å². The highest BCUT2D eigenvalue weighted by Crippen LogP contribution is 2.26. The van der Waals surface area contributed by atoms with Crippen LogP contribution in [0.1, 0.15) is 0 Å². The maximum absolute atomic E-state index is 8.17. The zero-order chi connectivity index (χ0) is 17.3. The largest absolute Gasteiger partial charge is 0.356 e. The molecule has 0 heterocycles. The van der Waals surface area contributed by atoms with Crippen LogP contribution in [0.15, 0.2) is 94.0 Å². The van der Waals surface area contributed by atoms with E-state index in [1.807, 2.05) is 66.7 Å². The normalized spacial score (nSPS) is 10.9. The van der Waals surface area contributed by atoms with Crippen molar-refractivity contribution >= 4 is 34.8 Å². The van der Waals surface area contributed by atoms with Crippen molar-refractivity contribution in [1.82, 2.24) is 0 Å². The van der Waals surface area contributed by atoms with E-state index in [-0.39, 0.29) is 0 Å². The van der Waals surface area contributed by atoms with Crippen LogP contribution in [0.2, 0.25) is 0 Å². The first-order valence-electron chi connectivity index (χ1n) is 7.42. The molecule has 0 saturated carbocycles. The molecular formula is C18H15N3O3S. The smallest absolute Gasteiger partial charge is 0.0869 e. The topological polar surface area (TPSA) is 75.4 Å². The number of hydrogen-bond acceptors (Lipinski definition) is 7. The van der Waals surface area contributed by atoms with E-state index in [9.17, 15) is 0 Å². The molecule has 0 amide bonds. The predicted molar refractivity (Wildman–Crippen MR) is 97.4 cm³/mol. The van der Waals surface area contributed by atoms with E-state index < -0.39 is 0 Å². The molecule has 0 atom stereocenters. The number of azo groups is 1. The van der Waals surface area contributed by atoms with Gasteiger partial charge in [-0.3, -0.25) is 0 Å². The van der Waals surface area contributed by atoms with E-state index in [4.69, 9.17) is 5.26 Å². The lowest BCUT2D eigenvalue weighted by Crippen LogP contribution is -1.88. The minimum Gasteiger partial charge on any atom is -0.356 e. The van der Waals surface area contributed by atoms with Gasteiger partial charge in [0.2, 0.25) is 0 Å². The fourth-order valence-corrected chi connectivity index (χ4v) is 2.48. The van der Waals surface area contributed by atoms with E-state index >= 15 is 0 Å². The van der Waals surface area contributed by atoms with Crippen molar-refractivity contribution in [3.63, 3.8) is 0 Å². The minimum atomic E-state index is 0.665. The van der Waals surface area contributed by atoms with Crippen LogP contribution in [0.5, 0.6) is 0 Å². The molecule has 0 spiro atoms. The van der Waals surface area contributed by atoms with Crippen LogP contribution in [0.3, 0.4) is 0 Å². The number of para-hydroxylation sites is 1. The summed E-state index contributed by atoms with van der Waals surface area (Å²) in [4.78, 5) is 0.730. The molecular weight excluding hydrogens is 338 g/mol. The van der Waals surface area contributed by atoms with Gasteiger partial charge in [0.15, 0.2) is 0 Å². The zero-order valence-corrected chi connectivity index (χ0v) is 13.9. The molecule has 0 aliphatic rings. The van der Waals surface area contributed by atoms with Gasteiger partial charge in [-0.1, -0.05) is 29.3 Å². The first-order valence-corrected chi connectivity index (χ1v) is 8.16. The molecule has 0 aromatic heterocycles. The van der Waals surface area contributed by atoms with Gasteiger partial charge in [-0.15, -0.1) is 4.33 Å². The third kappa shape index (κ3) is 5.40. The van der Waals surface area contributed by atoms with Crippen molar-refractivity contribution in [3.05, 3.63) is 78.9 Å². The molecule has 3 aromatic rings. The SMILES string of the molecule is OOOSc1cccc(N=Nc2ccc(Nc3ccccc3)cc2)c1. The number of hydrogen-bond donors (Lipinski definition) is 2. The summed E-state index contributed by atoms with van der Waals surface area (Å²) in [5, 5.41) is 23.5. The summed E-state index contributed by atoms with van der Waals surface area (Å²) in [5.74, 6) is 0. The first-order chi connectivity index (χ1) is 12.3. The van der Waals surface area contributed by atoms with Gasteiger partial charge in [0.1, 0.15) is 0 Å². The lowest BCUT2D eigenvalue weighted by molar-refractivity contribution is -0.432. The molecule has 25 heavy (non-hydrogen) atoms. The van der Waals surface area contributed by atoms with Crippen LogP contribution >= 0.6 is 12.0 Å². The number of nitrogens with zero attached hydrogens (tertiary/aromatic N) is 2. The Morgan fingerprint density at radius 1 is 0.760 bits per heavy atom. The van der Waals surface area contributed by atoms with Crippen LogP contribution in [0, 0.1) is 0 Å². The maximum Gasteiger partial charge on any atom is 0.0869 e. The van der Waals surface area contributed by atoms with Gasteiger partial charge in [0.05, 0.1) is 23.4 Å². The van der Waals surface area contributed by atoms with Gasteiger partial charge in [0, 0.05) is 16.3 Å². The molecule has 0 bridgehead atoms. The van der Waals surface area contributed by atoms with Gasteiger partial charge in [-0.2, -0.15) is 10.2 Å². The average molecular weight is 353 g/mol. The molecule has 0 aliphatic heterocycles. The second-order valence-electron chi connectivity index (χ2n) is 4.96. The number of rotatable bonds is 7. The van der Waals surface area contributed by atoms with Gasteiger partial charge < -0.3 is 5.32 Å². The Bertz CT molecular complexity index is 826. The van der Waals surface area contributed by atoms with Crippen LogP contribution in [0.25, 0.3) is 0 Å². The highest BCUT2D eigenvalue weighted by Gasteiger charge is 1.98. The second-order valence-corrected chi connectivity index (χ2v) is 5.74. The monoisotopic (exact) mass is 353 g/mol. The summed E-state index contributed by atoms with van der Waals surface area (Å²) in [6.45, 7) is 0. The van der Waals surface area contributed by atoms with Crippen LogP contribution in [-0.2, 0) is 9.37 Å². The molecule has 126 valence electrons. The van der Waals surface area contributed by atoms with Gasteiger partial charge in [-0.25, -0.2) is 5.26 Å². The quantitative estimate of drug-likeness (QED) is 0.226. The Hall–Kier alpha value is -2.71. The lowest BCUT2D eigenvalue weighted by atomic mass is 10.2. The van der Waals surface area contributed by atoms with Crippen LogP contribution in [-0.4, -0.2) is 5.26 Å². The van der Waals surface area contributed by atoms with E-state index in [1.54, 1.807) is 12.1 Å². The molecule has 3 rings (SSSR count). The molecule has 3 aromatic carbocycles. The van der Waals surface area contributed by atoms with Crippen molar-refractivity contribution in [1.29, 1.82) is 0 Å². The number of anilines is 2. The minimum absolute atomic E-state index is 0.665.